The van der Waals surface area contributed by atoms with Crippen molar-refractivity contribution in [2.45, 2.75) is 52.7 Å². The summed E-state index contributed by atoms with van der Waals surface area (Å²) < 4.78 is 10.8. The average Bonchev–Trinajstić information content (AvgIpc) is 2.04. The Bertz CT molecular complexity index is 78.2. The van der Waals surface area contributed by atoms with E-state index in [1.165, 1.54) is 0 Å². The Kier molecular flexibility index (Phi) is 7.41. The van der Waals surface area contributed by atoms with Gasteiger partial charge in [-0.15, -0.1) is 0 Å². The van der Waals surface area contributed by atoms with Crippen molar-refractivity contribution in [3.05, 3.63) is 0 Å². The van der Waals surface area contributed by atoms with E-state index in [9.17, 15) is 0 Å². The van der Waals surface area contributed by atoms with Crippen molar-refractivity contribution in [3.63, 3.8) is 0 Å². The average molecular weight is 173 g/mol. The molecule has 2 unspecified atom stereocenters. The van der Waals surface area contributed by atoms with Crippen molar-refractivity contribution >= 4 is 15.9 Å². The molecule has 2 nitrogen and oxygen atoms in total. The first kappa shape index (κ1) is 11.5. The lowest BCUT2D eigenvalue weighted by molar-refractivity contribution is 0.131. The monoisotopic (exact) mass is 173 g/mol. The van der Waals surface area contributed by atoms with E-state index in [2.05, 4.69) is 27.7 Å². The van der Waals surface area contributed by atoms with Crippen molar-refractivity contribution < 1.29 is 7.58 Å². The third-order valence-corrected chi connectivity index (χ3v) is 2.88. The number of hydrogen-bond donors (Lipinski definition) is 0. The SMILES string of the molecule is CCC(C)[O][Al][O]C(C)CC. The van der Waals surface area contributed by atoms with Crippen molar-refractivity contribution in [2.75, 3.05) is 0 Å². The molecule has 0 aliphatic carbocycles. The lowest BCUT2D eigenvalue weighted by atomic mass is 10.3. The van der Waals surface area contributed by atoms with Gasteiger partial charge in [0.05, 0.1) is 0 Å². The molecule has 0 rings (SSSR count). The third kappa shape index (κ3) is 6.84. The lowest BCUT2D eigenvalue weighted by Gasteiger charge is -2.13. The molecule has 0 N–H and O–H groups in total. The van der Waals surface area contributed by atoms with E-state index in [1.807, 2.05) is 0 Å². The molecule has 0 saturated carbocycles. The minimum Gasteiger partial charge on any atom is -0.481 e. The van der Waals surface area contributed by atoms with E-state index in [0.717, 1.165) is 12.8 Å². The maximum atomic E-state index is 5.42. The molecular formula is C8H18AlO2. The van der Waals surface area contributed by atoms with E-state index in [0.29, 0.717) is 12.2 Å². The van der Waals surface area contributed by atoms with Crippen LogP contribution in [0.2, 0.25) is 0 Å². The van der Waals surface area contributed by atoms with E-state index >= 15 is 0 Å². The van der Waals surface area contributed by atoms with Gasteiger partial charge >= 0.3 is 15.9 Å². The van der Waals surface area contributed by atoms with E-state index in [4.69, 9.17) is 7.58 Å². The standard InChI is InChI=1S/2C4H9O.Al/c2*1-3-4(2)5;/h2*4H,3H2,1-2H3;/q2*-1;+2. The van der Waals surface area contributed by atoms with Crippen molar-refractivity contribution in [1.29, 1.82) is 0 Å². The van der Waals surface area contributed by atoms with Gasteiger partial charge in [0.2, 0.25) is 0 Å². The predicted octanol–water partition coefficient (Wildman–Crippen LogP) is 2.15. The molecule has 65 valence electrons. The highest BCUT2D eigenvalue weighted by Crippen LogP contribution is 1.98. The van der Waals surface area contributed by atoms with Crippen LogP contribution >= 0.6 is 0 Å². The van der Waals surface area contributed by atoms with Crippen molar-refractivity contribution in [1.82, 2.24) is 0 Å². The number of hydrogen-bond acceptors (Lipinski definition) is 2. The summed E-state index contributed by atoms with van der Waals surface area (Å²) in [5, 5.41) is 0. The molecular weight excluding hydrogens is 155 g/mol. The Morgan fingerprint density at radius 2 is 1.36 bits per heavy atom. The Hall–Kier alpha value is 0.452. The summed E-state index contributed by atoms with van der Waals surface area (Å²) in [4.78, 5) is 0. The molecule has 0 aliphatic rings. The molecule has 0 fully saturated rings. The first-order valence-corrected chi connectivity index (χ1v) is 5.27. The van der Waals surface area contributed by atoms with Gasteiger partial charge in [-0.2, -0.15) is 0 Å². The highest BCUT2D eigenvalue weighted by molar-refractivity contribution is 6.18. The van der Waals surface area contributed by atoms with E-state index < -0.39 is 0 Å². The Morgan fingerprint density at radius 1 is 1.00 bits per heavy atom. The first-order valence-electron chi connectivity index (χ1n) is 4.33. The van der Waals surface area contributed by atoms with E-state index in [1.54, 1.807) is 0 Å². The second kappa shape index (κ2) is 7.12. The minimum atomic E-state index is -0.250. The molecule has 0 saturated heterocycles. The van der Waals surface area contributed by atoms with Crippen LogP contribution in [0.25, 0.3) is 0 Å². The maximum Gasteiger partial charge on any atom is 0.668 e. The predicted molar refractivity (Wildman–Crippen MR) is 47.4 cm³/mol. The van der Waals surface area contributed by atoms with Crippen LogP contribution in [0.4, 0.5) is 0 Å². The fraction of sp³-hybridized carbons (Fsp3) is 1.00. The van der Waals surface area contributed by atoms with Crippen LogP contribution in [0.1, 0.15) is 40.5 Å². The Labute approximate surface area is 76.7 Å². The van der Waals surface area contributed by atoms with Gasteiger partial charge in [0.1, 0.15) is 0 Å². The normalized spacial score (nSPS) is 16.0. The van der Waals surface area contributed by atoms with Crippen LogP contribution in [0.5, 0.6) is 0 Å². The second-order valence-corrected chi connectivity index (χ2v) is 3.54. The zero-order valence-electron chi connectivity index (χ0n) is 7.96. The molecule has 0 aromatic carbocycles. The first-order chi connectivity index (χ1) is 5.20. The second-order valence-electron chi connectivity index (χ2n) is 2.81. The van der Waals surface area contributed by atoms with Crippen molar-refractivity contribution in [3.8, 4) is 0 Å². The zero-order valence-corrected chi connectivity index (χ0v) is 9.12. The molecule has 0 aliphatic heterocycles. The molecule has 1 radical (unpaired) electrons. The van der Waals surface area contributed by atoms with Gasteiger partial charge < -0.3 is 7.58 Å². The third-order valence-electron chi connectivity index (χ3n) is 1.73. The van der Waals surface area contributed by atoms with Gasteiger partial charge in [-0.3, -0.25) is 0 Å². The quantitative estimate of drug-likeness (QED) is 0.573. The molecule has 11 heavy (non-hydrogen) atoms. The van der Waals surface area contributed by atoms with Gasteiger partial charge in [-0.05, 0) is 26.7 Å². The molecule has 0 aromatic rings. The maximum absolute atomic E-state index is 5.42. The molecule has 3 heteroatoms. The Morgan fingerprint density at radius 3 is 1.64 bits per heavy atom. The summed E-state index contributed by atoms with van der Waals surface area (Å²) in [5.41, 5.74) is 0. The summed E-state index contributed by atoms with van der Waals surface area (Å²) in [6.07, 6.45) is 2.84. The molecule has 0 heterocycles. The van der Waals surface area contributed by atoms with Crippen LogP contribution in [0, 0.1) is 0 Å². The van der Waals surface area contributed by atoms with Crippen LogP contribution in [-0.4, -0.2) is 28.1 Å². The highest BCUT2D eigenvalue weighted by Gasteiger charge is 2.05. The highest BCUT2D eigenvalue weighted by atomic mass is 27.2. The smallest absolute Gasteiger partial charge is 0.481 e. The van der Waals surface area contributed by atoms with E-state index in [-0.39, 0.29) is 15.9 Å². The summed E-state index contributed by atoms with van der Waals surface area (Å²) in [6, 6.07) is 0. The van der Waals surface area contributed by atoms with Crippen LogP contribution in [-0.2, 0) is 7.58 Å². The van der Waals surface area contributed by atoms with Gasteiger partial charge in [0.25, 0.3) is 0 Å². The summed E-state index contributed by atoms with van der Waals surface area (Å²) in [7, 11) is 0. The van der Waals surface area contributed by atoms with Gasteiger partial charge in [-0.1, -0.05) is 13.8 Å². The molecule has 0 aromatic heterocycles. The zero-order chi connectivity index (χ0) is 8.69. The fourth-order valence-corrected chi connectivity index (χ4v) is 1.24. The summed E-state index contributed by atoms with van der Waals surface area (Å²) >= 11 is -0.250. The van der Waals surface area contributed by atoms with Crippen LogP contribution in [0.3, 0.4) is 0 Å². The molecule has 0 amide bonds. The topological polar surface area (TPSA) is 18.5 Å². The molecule has 0 spiro atoms. The minimum absolute atomic E-state index is 0.250. The van der Waals surface area contributed by atoms with Gasteiger partial charge in [0, 0.05) is 12.2 Å². The van der Waals surface area contributed by atoms with Gasteiger partial charge in [-0.25, -0.2) is 0 Å². The van der Waals surface area contributed by atoms with Crippen LogP contribution in [0.15, 0.2) is 0 Å². The van der Waals surface area contributed by atoms with Gasteiger partial charge in [0.15, 0.2) is 0 Å². The molecule has 0 bridgehead atoms. The van der Waals surface area contributed by atoms with Crippen LogP contribution < -0.4 is 0 Å². The molecule has 2 atom stereocenters. The summed E-state index contributed by atoms with van der Waals surface area (Å²) in [6.45, 7) is 8.39. The Balaban J connectivity index is 3.13. The number of rotatable bonds is 6. The fourth-order valence-electron chi connectivity index (χ4n) is 0.414. The largest absolute Gasteiger partial charge is 0.668 e. The summed E-state index contributed by atoms with van der Waals surface area (Å²) in [5.74, 6) is 0. The lowest BCUT2D eigenvalue weighted by Crippen LogP contribution is -2.17. The van der Waals surface area contributed by atoms with Crippen molar-refractivity contribution in [2.24, 2.45) is 0 Å².